The maximum absolute atomic E-state index is 14.5. The van der Waals surface area contributed by atoms with Gasteiger partial charge in [0.05, 0.1) is 31.7 Å². The van der Waals surface area contributed by atoms with Crippen molar-refractivity contribution in [3.63, 3.8) is 0 Å². The Hall–Kier alpha value is -5.64. The molecule has 16 heteroatoms. The van der Waals surface area contributed by atoms with Crippen LogP contribution in [-0.4, -0.2) is 91.9 Å². The van der Waals surface area contributed by atoms with Gasteiger partial charge in [-0.25, -0.2) is 18.2 Å². The minimum Gasteiger partial charge on any atom is -0.496 e. The molecule has 4 aliphatic rings. The molecule has 2 aromatic heterocycles. The van der Waals surface area contributed by atoms with Crippen LogP contribution in [0.2, 0.25) is 0 Å². The van der Waals surface area contributed by atoms with E-state index in [0.29, 0.717) is 71.5 Å². The summed E-state index contributed by atoms with van der Waals surface area (Å²) in [6, 6.07) is 14.5. The highest BCUT2D eigenvalue weighted by Gasteiger charge is 2.62. The highest BCUT2D eigenvalue weighted by Crippen LogP contribution is 2.46. The zero-order valence-electron chi connectivity index (χ0n) is 31.7. The summed E-state index contributed by atoms with van der Waals surface area (Å²) in [6.07, 6.45) is 6.51. The molecule has 15 nitrogen and oxygen atoms in total. The molecular formula is C41H45N5O10S. The van der Waals surface area contributed by atoms with E-state index in [9.17, 15) is 27.6 Å². The number of hydrogen-bond donors (Lipinski definition) is 3. The van der Waals surface area contributed by atoms with Crippen molar-refractivity contribution in [2.45, 2.75) is 86.8 Å². The number of furan rings is 1. The number of sulfonamides is 1. The molecule has 2 aromatic carbocycles. The van der Waals surface area contributed by atoms with E-state index in [-0.39, 0.29) is 19.4 Å². The number of pyridine rings is 1. The highest BCUT2D eigenvalue weighted by atomic mass is 32.2. The number of fused-ring (bicyclic) bond motifs is 5. The molecule has 5 atom stereocenters. The Bertz CT molecular complexity index is 2380. The number of nitrogens with zero attached hydrogens (tertiary/aromatic N) is 2. The van der Waals surface area contributed by atoms with E-state index in [1.54, 1.807) is 13.2 Å². The van der Waals surface area contributed by atoms with Gasteiger partial charge in [0.2, 0.25) is 21.8 Å². The first kappa shape index (κ1) is 38.2. The second-order valence-corrected chi connectivity index (χ2v) is 17.1. The van der Waals surface area contributed by atoms with Crippen molar-refractivity contribution in [3.05, 3.63) is 66.7 Å². The molecule has 2 aliphatic heterocycles. The van der Waals surface area contributed by atoms with Crippen molar-refractivity contribution < 1.29 is 46.2 Å². The Balaban J connectivity index is 1.16. The van der Waals surface area contributed by atoms with Crippen molar-refractivity contribution in [1.82, 2.24) is 25.2 Å². The van der Waals surface area contributed by atoms with Gasteiger partial charge in [0, 0.05) is 29.4 Å². The molecule has 2 saturated carbocycles. The van der Waals surface area contributed by atoms with Gasteiger partial charge in [-0.3, -0.25) is 19.1 Å². The summed E-state index contributed by atoms with van der Waals surface area (Å²) in [5, 5.41) is 5.66. The van der Waals surface area contributed by atoms with Gasteiger partial charge in [-0.05, 0) is 62.8 Å². The maximum Gasteiger partial charge on any atom is 0.407 e. The summed E-state index contributed by atoms with van der Waals surface area (Å²) in [5.41, 5.74) is 1.25. The number of aromatic nitrogens is 1. The Labute approximate surface area is 329 Å². The van der Waals surface area contributed by atoms with Crippen LogP contribution >= 0.6 is 0 Å². The van der Waals surface area contributed by atoms with Gasteiger partial charge in [0.1, 0.15) is 40.6 Å². The van der Waals surface area contributed by atoms with E-state index in [1.807, 2.05) is 60.7 Å². The monoisotopic (exact) mass is 799 g/mol. The lowest BCUT2D eigenvalue weighted by Crippen LogP contribution is -2.58. The summed E-state index contributed by atoms with van der Waals surface area (Å²) in [6.45, 7) is -0.0527. The normalized spacial score (nSPS) is 25.4. The van der Waals surface area contributed by atoms with Crippen LogP contribution in [0.4, 0.5) is 4.79 Å². The molecule has 0 radical (unpaired) electrons. The molecule has 1 saturated heterocycles. The number of carbonyl (C=O) groups excluding carboxylic acids is 4. The van der Waals surface area contributed by atoms with E-state index in [4.69, 9.17) is 23.6 Å². The lowest BCUT2D eigenvalue weighted by molar-refractivity contribution is -0.141. The van der Waals surface area contributed by atoms with Crippen LogP contribution in [0.5, 0.6) is 11.5 Å². The number of ether oxygens (including phenoxy) is 3. The van der Waals surface area contributed by atoms with Crippen LogP contribution in [0.15, 0.2) is 71.2 Å². The van der Waals surface area contributed by atoms with Crippen LogP contribution in [0.1, 0.15) is 57.8 Å². The molecule has 57 heavy (non-hydrogen) atoms. The van der Waals surface area contributed by atoms with Crippen molar-refractivity contribution in [3.8, 4) is 22.8 Å². The van der Waals surface area contributed by atoms with E-state index < -0.39 is 68.7 Å². The van der Waals surface area contributed by atoms with Gasteiger partial charge in [0.25, 0.3) is 5.91 Å². The molecule has 4 aromatic rings. The number of carbonyl (C=O) groups is 4. The van der Waals surface area contributed by atoms with Crippen LogP contribution in [0.3, 0.4) is 0 Å². The number of hydrogen-bond acceptors (Lipinski definition) is 11. The number of alkyl carbamates (subject to hydrolysis) is 1. The summed E-state index contributed by atoms with van der Waals surface area (Å²) in [7, 11) is -1.13. The van der Waals surface area contributed by atoms with Gasteiger partial charge >= 0.3 is 6.09 Å². The molecule has 4 amide bonds. The summed E-state index contributed by atoms with van der Waals surface area (Å²) >= 11 is 0. The van der Waals surface area contributed by atoms with E-state index in [2.05, 4.69) is 15.4 Å². The predicted octanol–water partition coefficient (Wildman–Crippen LogP) is 4.73. The number of amides is 4. The first-order valence-corrected chi connectivity index (χ1v) is 20.9. The molecule has 0 unspecified atom stereocenters. The predicted molar refractivity (Wildman–Crippen MR) is 209 cm³/mol. The van der Waals surface area contributed by atoms with Crippen LogP contribution in [0, 0.1) is 5.92 Å². The average molecular weight is 800 g/mol. The second-order valence-electron chi connectivity index (χ2n) is 15.2. The number of allylic oxidation sites excluding steroid dienone is 1. The first-order chi connectivity index (χ1) is 27.5. The Kier molecular flexibility index (Phi) is 10.3. The van der Waals surface area contributed by atoms with Gasteiger partial charge in [-0.2, -0.15) is 0 Å². The van der Waals surface area contributed by atoms with Crippen LogP contribution in [0.25, 0.3) is 33.3 Å². The Morgan fingerprint density at radius 3 is 2.58 bits per heavy atom. The summed E-state index contributed by atoms with van der Waals surface area (Å²) < 4.78 is 51.5. The molecule has 0 bridgehead atoms. The van der Waals surface area contributed by atoms with E-state index >= 15 is 0 Å². The fourth-order valence-corrected chi connectivity index (χ4v) is 9.33. The molecule has 4 heterocycles. The average Bonchev–Trinajstić information content (AvgIpc) is 4.11. The van der Waals surface area contributed by atoms with E-state index in [0.717, 1.165) is 18.2 Å². The number of nitrogens with one attached hydrogen (secondary N) is 3. The van der Waals surface area contributed by atoms with Crippen molar-refractivity contribution in [2.75, 3.05) is 20.8 Å². The summed E-state index contributed by atoms with van der Waals surface area (Å²) in [5.74, 6) is -1.48. The smallest absolute Gasteiger partial charge is 0.407 e. The quantitative estimate of drug-likeness (QED) is 0.209. The van der Waals surface area contributed by atoms with Gasteiger partial charge in [-0.15, -0.1) is 0 Å². The number of para-hydroxylation sites is 2. The third kappa shape index (κ3) is 7.62. The van der Waals surface area contributed by atoms with Crippen LogP contribution in [-0.2, 0) is 29.1 Å². The molecule has 8 rings (SSSR count). The SMILES string of the molecule is COC(=O)N[C@H]1CCCCCC=C[C@@H]2C[C@@]2(C(=O)NS(=O)(=O)C2CC2)NC(=O)[C@@H]2C[C@@H](Oc3cc(-c4ccccc4OC)nc4c3oc3ccccc34)CN2C1=O. The van der Waals surface area contributed by atoms with Gasteiger partial charge in [0.15, 0.2) is 11.3 Å². The van der Waals surface area contributed by atoms with Crippen molar-refractivity contribution in [1.29, 1.82) is 0 Å². The second kappa shape index (κ2) is 15.4. The maximum atomic E-state index is 14.5. The topological polar surface area (TPSA) is 195 Å². The number of methoxy groups -OCH3 is 2. The van der Waals surface area contributed by atoms with Gasteiger partial charge in [-0.1, -0.05) is 49.3 Å². The first-order valence-electron chi connectivity index (χ1n) is 19.3. The summed E-state index contributed by atoms with van der Waals surface area (Å²) in [4.78, 5) is 61.6. The lowest BCUT2D eigenvalue weighted by atomic mass is 10.1. The Morgan fingerprint density at radius 1 is 1.00 bits per heavy atom. The molecule has 300 valence electrons. The molecule has 2 aliphatic carbocycles. The molecular weight excluding hydrogens is 755 g/mol. The fraction of sp³-hybridized carbons (Fsp3) is 0.439. The number of benzene rings is 2. The van der Waals surface area contributed by atoms with E-state index in [1.165, 1.54) is 12.0 Å². The third-order valence-corrected chi connectivity index (χ3v) is 13.1. The van der Waals surface area contributed by atoms with Crippen molar-refractivity contribution in [2.24, 2.45) is 5.92 Å². The molecule has 3 N–H and O–H groups in total. The minimum absolute atomic E-state index is 0.00906. The van der Waals surface area contributed by atoms with Crippen molar-refractivity contribution >= 4 is 55.9 Å². The lowest BCUT2D eigenvalue weighted by Gasteiger charge is -2.29. The van der Waals surface area contributed by atoms with Gasteiger partial charge < -0.3 is 34.2 Å². The highest BCUT2D eigenvalue weighted by molar-refractivity contribution is 7.91. The zero-order valence-corrected chi connectivity index (χ0v) is 32.5. The molecule has 3 fully saturated rings. The van der Waals surface area contributed by atoms with Crippen LogP contribution < -0.4 is 24.8 Å². The molecule has 0 spiro atoms. The Morgan fingerprint density at radius 2 is 1.79 bits per heavy atom. The standard InChI is InChI=1S/C41H45N5O10S/c1-53-32-16-10-8-13-27(32)30-21-34(36-35(42-30)28-14-9-11-17-33(28)56-36)55-25-20-31-37(47)44-41(39(49)45-57(51,52)26-18-19-26)22-24(41)12-6-4-3-5-7-15-29(43-40(50)54-2)38(48)46(31)23-25/h6,8-14,16-17,21,24-26,29,31H,3-5,7,15,18-20,22-23H2,1-2H3,(H,43,50)(H,44,47)(H,45,49)/t24-,25-,29+,31+,41-/m1/s1. The fourth-order valence-electron chi connectivity index (χ4n) is 7.96. The third-order valence-electron chi connectivity index (χ3n) is 11.3. The number of rotatable bonds is 8. The largest absolute Gasteiger partial charge is 0.496 e. The zero-order chi connectivity index (χ0) is 39.9. The minimum atomic E-state index is -3.91.